The van der Waals surface area contributed by atoms with E-state index in [0.29, 0.717) is 55.4 Å². The van der Waals surface area contributed by atoms with E-state index in [9.17, 15) is 14.4 Å². The van der Waals surface area contributed by atoms with Crippen LogP contribution in [0.1, 0.15) is 29.3 Å². The van der Waals surface area contributed by atoms with Gasteiger partial charge >= 0.3 is 5.97 Å². The van der Waals surface area contributed by atoms with Gasteiger partial charge in [-0.05, 0) is 42.3 Å². The molecule has 0 bridgehead atoms. The molecule has 152 valence electrons. The van der Waals surface area contributed by atoms with Gasteiger partial charge in [0.1, 0.15) is 5.75 Å². The standard InChI is InChI=1S/C22H23ClN2O4/c1-16(26)29-20-7-3-5-18(15-20)22(28)25-12-10-24(11-13-25)21(27)9-8-17-4-2-6-19(23)14-17/h2-7,14-15H,8-13H2,1H3. The Labute approximate surface area is 175 Å². The molecule has 1 saturated heterocycles. The van der Waals surface area contributed by atoms with Gasteiger partial charge in [0, 0.05) is 50.1 Å². The van der Waals surface area contributed by atoms with Gasteiger partial charge in [0.2, 0.25) is 5.91 Å². The Bertz CT molecular complexity index is 907. The molecule has 1 aliphatic heterocycles. The third-order valence-corrected chi connectivity index (χ3v) is 5.01. The van der Waals surface area contributed by atoms with Crippen molar-refractivity contribution < 1.29 is 19.1 Å². The van der Waals surface area contributed by atoms with Crippen LogP contribution in [0.3, 0.4) is 0 Å². The van der Waals surface area contributed by atoms with Gasteiger partial charge < -0.3 is 14.5 Å². The Morgan fingerprint density at radius 1 is 0.966 bits per heavy atom. The van der Waals surface area contributed by atoms with Crippen molar-refractivity contribution in [2.45, 2.75) is 19.8 Å². The van der Waals surface area contributed by atoms with Crippen molar-refractivity contribution in [2.24, 2.45) is 0 Å². The van der Waals surface area contributed by atoms with Gasteiger partial charge in [-0.3, -0.25) is 14.4 Å². The van der Waals surface area contributed by atoms with Crippen LogP contribution in [0.5, 0.6) is 5.75 Å². The highest BCUT2D eigenvalue weighted by Crippen LogP contribution is 2.17. The van der Waals surface area contributed by atoms with E-state index in [1.54, 1.807) is 34.1 Å². The summed E-state index contributed by atoms with van der Waals surface area (Å²) in [4.78, 5) is 39.8. The van der Waals surface area contributed by atoms with E-state index in [1.807, 2.05) is 24.3 Å². The van der Waals surface area contributed by atoms with Crippen LogP contribution in [0.4, 0.5) is 0 Å². The summed E-state index contributed by atoms with van der Waals surface area (Å²) in [5.74, 6) is -0.142. The number of rotatable bonds is 5. The number of hydrogen-bond acceptors (Lipinski definition) is 4. The summed E-state index contributed by atoms with van der Waals surface area (Å²) in [5, 5.41) is 0.667. The van der Waals surface area contributed by atoms with E-state index in [-0.39, 0.29) is 11.8 Å². The largest absolute Gasteiger partial charge is 0.427 e. The zero-order chi connectivity index (χ0) is 20.8. The molecule has 6 nitrogen and oxygen atoms in total. The fraction of sp³-hybridized carbons (Fsp3) is 0.318. The molecule has 3 rings (SSSR count). The quantitative estimate of drug-likeness (QED) is 0.556. The molecule has 0 spiro atoms. The van der Waals surface area contributed by atoms with Gasteiger partial charge in [-0.2, -0.15) is 0 Å². The number of ether oxygens (including phenoxy) is 1. The predicted octanol–water partition coefficient (Wildman–Crippen LogP) is 3.18. The molecular weight excluding hydrogens is 392 g/mol. The number of halogens is 1. The maximum Gasteiger partial charge on any atom is 0.308 e. The minimum absolute atomic E-state index is 0.0777. The van der Waals surface area contributed by atoms with Crippen LogP contribution in [-0.2, 0) is 16.0 Å². The van der Waals surface area contributed by atoms with Crippen LogP contribution < -0.4 is 4.74 Å². The van der Waals surface area contributed by atoms with Gasteiger partial charge in [0.25, 0.3) is 5.91 Å². The topological polar surface area (TPSA) is 66.9 Å². The minimum atomic E-state index is -0.431. The Hall–Kier alpha value is -2.86. The average Bonchev–Trinajstić information content (AvgIpc) is 2.71. The Morgan fingerprint density at radius 2 is 1.66 bits per heavy atom. The number of amides is 2. The molecule has 0 aliphatic carbocycles. The van der Waals surface area contributed by atoms with Gasteiger partial charge in [-0.25, -0.2) is 0 Å². The highest BCUT2D eigenvalue weighted by molar-refractivity contribution is 6.30. The molecule has 2 aromatic rings. The summed E-state index contributed by atoms with van der Waals surface area (Å²) in [6.07, 6.45) is 1.06. The first-order valence-electron chi connectivity index (χ1n) is 9.52. The summed E-state index contributed by atoms with van der Waals surface area (Å²) in [7, 11) is 0. The minimum Gasteiger partial charge on any atom is -0.427 e. The summed E-state index contributed by atoms with van der Waals surface area (Å²) in [6, 6.07) is 14.1. The third kappa shape index (κ3) is 5.81. The molecule has 1 fully saturated rings. The summed E-state index contributed by atoms with van der Waals surface area (Å²) < 4.78 is 5.04. The smallest absolute Gasteiger partial charge is 0.308 e. The maximum absolute atomic E-state index is 12.7. The van der Waals surface area contributed by atoms with Crippen molar-refractivity contribution in [2.75, 3.05) is 26.2 Å². The van der Waals surface area contributed by atoms with Gasteiger partial charge in [0.05, 0.1) is 0 Å². The second-order valence-corrected chi connectivity index (χ2v) is 7.36. The molecule has 1 heterocycles. The average molecular weight is 415 g/mol. The van der Waals surface area contributed by atoms with Gasteiger partial charge in [-0.1, -0.05) is 29.8 Å². The summed E-state index contributed by atoms with van der Waals surface area (Å²) in [5.41, 5.74) is 1.50. The number of esters is 1. The van der Waals surface area contributed by atoms with E-state index in [1.165, 1.54) is 6.92 Å². The molecule has 1 aliphatic rings. The third-order valence-electron chi connectivity index (χ3n) is 4.78. The maximum atomic E-state index is 12.7. The normalized spacial score (nSPS) is 13.9. The molecule has 0 unspecified atom stereocenters. The number of carbonyl (C=O) groups excluding carboxylic acids is 3. The van der Waals surface area contributed by atoms with Crippen LogP contribution in [-0.4, -0.2) is 53.8 Å². The second-order valence-electron chi connectivity index (χ2n) is 6.92. The van der Waals surface area contributed by atoms with E-state index >= 15 is 0 Å². The first kappa shape index (κ1) is 20.9. The molecule has 0 saturated carbocycles. The number of hydrogen-bond donors (Lipinski definition) is 0. The van der Waals surface area contributed by atoms with Crippen molar-refractivity contribution in [3.05, 3.63) is 64.7 Å². The lowest BCUT2D eigenvalue weighted by molar-refractivity contribution is -0.133. The lowest BCUT2D eigenvalue weighted by Crippen LogP contribution is -2.50. The van der Waals surface area contributed by atoms with Gasteiger partial charge in [0.15, 0.2) is 0 Å². The number of carbonyl (C=O) groups is 3. The van der Waals surface area contributed by atoms with E-state index in [4.69, 9.17) is 16.3 Å². The van der Waals surface area contributed by atoms with Crippen molar-refractivity contribution in [1.29, 1.82) is 0 Å². The molecule has 2 aromatic carbocycles. The molecule has 0 atom stereocenters. The molecule has 29 heavy (non-hydrogen) atoms. The van der Waals surface area contributed by atoms with Crippen LogP contribution in [0, 0.1) is 0 Å². The molecule has 2 amide bonds. The highest BCUT2D eigenvalue weighted by Gasteiger charge is 2.25. The fourth-order valence-electron chi connectivity index (χ4n) is 3.30. The predicted molar refractivity (Wildman–Crippen MR) is 110 cm³/mol. The molecule has 0 aromatic heterocycles. The second kappa shape index (κ2) is 9.56. The SMILES string of the molecule is CC(=O)Oc1cccc(C(=O)N2CCN(C(=O)CCc3cccc(Cl)c3)CC2)c1. The first-order chi connectivity index (χ1) is 13.9. The zero-order valence-corrected chi connectivity index (χ0v) is 17.0. The van der Waals surface area contributed by atoms with Crippen molar-refractivity contribution in [1.82, 2.24) is 9.80 Å². The Morgan fingerprint density at radius 3 is 2.34 bits per heavy atom. The van der Waals surface area contributed by atoms with E-state index in [0.717, 1.165) is 5.56 Å². The Kier molecular flexibility index (Phi) is 6.88. The Balaban J connectivity index is 1.51. The molecule has 0 radical (unpaired) electrons. The van der Waals surface area contributed by atoms with E-state index < -0.39 is 5.97 Å². The molecular formula is C22H23ClN2O4. The highest BCUT2D eigenvalue weighted by atomic mass is 35.5. The number of benzene rings is 2. The van der Waals surface area contributed by atoms with Crippen molar-refractivity contribution in [3.63, 3.8) is 0 Å². The monoisotopic (exact) mass is 414 g/mol. The van der Waals surface area contributed by atoms with Crippen molar-refractivity contribution >= 4 is 29.4 Å². The fourth-order valence-corrected chi connectivity index (χ4v) is 3.51. The lowest BCUT2D eigenvalue weighted by atomic mass is 10.1. The first-order valence-corrected chi connectivity index (χ1v) is 9.90. The van der Waals surface area contributed by atoms with Crippen LogP contribution in [0.2, 0.25) is 5.02 Å². The lowest BCUT2D eigenvalue weighted by Gasteiger charge is -2.35. The summed E-state index contributed by atoms with van der Waals surface area (Å²) >= 11 is 5.98. The van der Waals surface area contributed by atoms with Crippen LogP contribution in [0.15, 0.2) is 48.5 Å². The van der Waals surface area contributed by atoms with Crippen molar-refractivity contribution in [3.8, 4) is 5.75 Å². The van der Waals surface area contributed by atoms with Gasteiger partial charge in [-0.15, -0.1) is 0 Å². The van der Waals surface area contributed by atoms with Crippen LogP contribution >= 0.6 is 11.6 Å². The number of aryl methyl sites for hydroxylation is 1. The molecule has 0 N–H and O–H groups in total. The summed E-state index contributed by atoms with van der Waals surface area (Å²) in [6.45, 7) is 3.27. The molecule has 7 heteroatoms. The van der Waals surface area contributed by atoms with Crippen LogP contribution in [0.25, 0.3) is 0 Å². The zero-order valence-electron chi connectivity index (χ0n) is 16.3. The number of nitrogens with zero attached hydrogens (tertiary/aromatic N) is 2. The van der Waals surface area contributed by atoms with E-state index in [2.05, 4.69) is 0 Å². The number of piperazine rings is 1.